The summed E-state index contributed by atoms with van der Waals surface area (Å²) >= 11 is 0. The van der Waals surface area contributed by atoms with Crippen LogP contribution in [-0.4, -0.2) is 17.5 Å². The fourth-order valence-corrected chi connectivity index (χ4v) is 11.2. The molecule has 0 heterocycles. The molecular weight excluding hydrogens is 392 g/mol. The van der Waals surface area contributed by atoms with Crippen LogP contribution in [0.15, 0.2) is 11.6 Å². The minimum Gasteiger partial charge on any atom is -0.396 e. The Balaban J connectivity index is 1.59. The Morgan fingerprint density at radius 2 is 1.56 bits per heavy atom. The van der Waals surface area contributed by atoms with Crippen LogP contribution in [0.1, 0.15) is 106 Å². The summed E-state index contributed by atoms with van der Waals surface area (Å²) in [4.78, 5) is 12.9. The lowest BCUT2D eigenvalue weighted by Crippen LogP contribution is -2.63. The van der Waals surface area contributed by atoms with E-state index >= 15 is 0 Å². The molecule has 2 heteroatoms. The molecule has 0 bridgehead atoms. The van der Waals surface area contributed by atoms with E-state index in [0.29, 0.717) is 36.1 Å². The van der Waals surface area contributed by atoms with E-state index in [0.717, 1.165) is 25.2 Å². The molecule has 2 nitrogen and oxygen atoms in total. The minimum absolute atomic E-state index is 0.0910. The molecular formula is C30H48O2. The van der Waals surface area contributed by atoms with Gasteiger partial charge < -0.3 is 5.11 Å². The van der Waals surface area contributed by atoms with Crippen molar-refractivity contribution in [3.63, 3.8) is 0 Å². The van der Waals surface area contributed by atoms with E-state index in [1.54, 1.807) is 5.57 Å². The maximum absolute atomic E-state index is 12.9. The van der Waals surface area contributed by atoms with Gasteiger partial charge in [-0.2, -0.15) is 0 Å². The molecule has 0 spiro atoms. The molecule has 5 aliphatic rings. The highest BCUT2D eigenvalue weighted by Gasteiger charge is 2.67. The van der Waals surface area contributed by atoms with Crippen molar-refractivity contribution >= 4 is 5.78 Å². The molecule has 3 unspecified atom stereocenters. The predicted octanol–water partition coefficient (Wildman–Crippen LogP) is 7.21. The SMILES string of the molecule is C[C@@H]1CC[C@]2(CO)CC=C3[C@]4(C)CCC5C(C)(C)C(=O)CC[C@]5(C)C4CC[C@@]3(C)C2[C@H]1C. The smallest absolute Gasteiger partial charge is 0.138 e. The average molecular weight is 441 g/mol. The van der Waals surface area contributed by atoms with Crippen molar-refractivity contribution in [3.8, 4) is 0 Å². The van der Waals surface area contributed by atoms with Gasteiger partial charge in [0.25, 0.3) is 0 Å². The molecule has 5 aliphatic carbocycles. The summed E-state index contributed by atoms with van der Waals surface area (Å²) in [5, 5.41) is 10.7. The van der Waals surface area contributed by atoms with Gasteiger partial charge in [-0.1, -0.05) is 60.1 Å². The molecule has 180 valence electrons. The van der Waals surface area contributed by atoms with Crippen molar-refractivity contribution in [2.45, 2.75) is 106 Å². The summed E-state index contributed by atoms with van der Waals surface area (Å²) in [5.74, 6) is 3.71. The fourth-order valence-electron chi connectivity index (χ4n) is 11.2. The van der Waals surface area contributed by atoms with Crippen LogP contribution in [0, 0.1) is 56.7 Å². The lowest BCUT2D eigenvalue weighted by molar-refractivity contribution is -0.173. The van der Waals surface area contributed by atoms with Gasteiger partial charge >= 0.3 is 0 Å². The summed E-state index contributed by atoms with van der Waals surface area (Å²) < 4.78 is 0. The third-order valence-corrected chi connectivity index (χ3v) is 12.9. The first-order valence-corrected chi connectivity index (χ1v) is 13.7. The zero-order valence-corrected chi connectivity index (χ0v) is 21.9. The van der Waals surface area contributed by atoms with Crippen molar-refractivity contribution < 1.29 is 9.90 Å². The molecule has 9 atom stereocenters. The summed E-state index contributed by atoms with van der Waals surface area (Å²) in [6.45, 7) is 17.5. The third kappa shape index (κ3) is 2.65. The Bertz CT molecular complexity index is 840. The summed E-state index contributed by atoms with van der Waals surface area (Å²) in [7, 11) is 0. The van der Waals surface area contributed by atoms with Gasteiger partial charge in [0.15, 0.2) is 0 Å². The van der Waals surface area contributed by atoms with Gasteiger partial charge in [-0.05, 0) is 97.2 Å². The van der Waals surface area contributed by atoms with Crippen molar-refractivity contribution in [2.75, 3.05) is 6.61 Å². The maximum atomic E-state index is 12.9. The number of rotatable bonds is 1. The molecule has 4 fully saturated rings. The van der Waals surface area contributed by atoms with Crippen LogP contribution in [-0.2, 0) is 4.79 Å². The number of allylic oxidation sites excluding steroid dienone is 2. The van der Waals surface area contributed by atoms with Gasteiger partial charge in [0.1, 0.15) is 5.78 Å². The van der Waals surface area contributed by atoms with E-state index in [1.165, 1.54) is 38.5 Å². The third-order valence-electron chi connectivity index (χ3n) is 12.9. The van der Waals surface area contributed by atoms with Crippen LogP contribution in [0.25, 0.3) is 0 Å². The van der Waals surface area contributed by atoms with Crippen LogP contribution in [0.5, 0.6) is 0 Å². The van der Waals surface area contributed by atoms with Crippen LogP contribution in [0.2, 0.25) is 0 Å². The molecule has 0 aliphatic heterocycles. The van der Waals surface area contributed by atoms with Crippen LogP contribution < -0.4 is 0 Å². The number of hydrogen-bond donors (Lipinski definition) is 1. The molecule has 0 amide bonds. The summed E-state index contributed by atoms with van der Waals surface area (Å²) in [6.07, 6.45) is 13.0. The topological polar surface area (TPSA) is 37.3 Å². The van der Waals surface area contributed by atoms with E-state index in [-0.39, 0.29) is 27.1 Å². The lowest BCUT2D eigenvalue weighted by Gasteiger charge is -2.70. The summed E-state index contributed by atoms with van der Waals surface area (Å²) in [6, 6.07) is 0. The Morgan fingerprint density at radius 1 is 0.906 bits per heavy atom. The Morgan fingerprint density at radius 3 is 2.25 bits per heavy atom. The number of carbonyl (C=O) groups is 1. The number of Topliss-reactive ketones (excluding diaryl/α,β-unsaturated/α-hetero) is 1. The number of ketones is 1. The number of carbonyl (C=O) groups excluding carboxylic acids is 1. The predicted molar refractivity (Wildman–Crippen MR) is 131 cm³/mol. The first kappa shape index (κ1) is 23.1. The van der Waals surface area contributed by atoms with E-state index in [1.807, 2.05) is 0 Å². The van der Waals surface area contributed by atoms with Gasteiger partial charge in [-0.15, -0.1) is 0 Å². The molecule has 0 aromatic carbocycles. The van der Waals surface area contributed by atoms with Gasteiger partial charge in [-0.25, -0.2) is 0 Å². The average Bonchev–Trinajstić information content (AvgIpc) is 2.73. The summed E-state index contributed by atoms with van der Waals surface area (Å²) in [5.41, 5.74) is 2.40. The molecule has 0 saturated heterocycles. The normalized spacial score (nSPS) is 54.6. The maximum Gasteiger partial charge on any atom is 0.138 e. The van der Waals surface area contributed by atoms with Crippen molar-refractivity contribution in [1.82, 2.24) is 0 Å². The molecule has 0 aromatic rings. The molecule has 5 rings (SSSR count). The monoisotopic (exact) mass is 440 g/mol. The highest BCUT2D eigenvalue weighted by atomic mass is 16.3. The van der Waals surface area contributed by atoms with Crippen LogP contribution in [0.4, 0.5) is 0 Å². The van der Waals surface area contributed by atoms with Gasteiger partial charge in [-0.3, -0.25) is 4.79 Å². The molecule has 0 aromatic heterocycles. The second kappa shape index (κ2) is 6.96. The number of hydrogen-bond acceptors (Lipinski definition) is 2. The van der Waals surface area contributed by atoms with Gasteiger partial charge in [0, 0.05) is 23.9 Å². The van der Waals surface area contributed by atoms with E-state index in [4.69, 9.17) is 0 Å². The second-order valence-electron chi connectivity index (χ2n) is 14.4. The zero-order chi connectivity index (χ0) is 23.3. The number of fused-ring (bicyclic) bond motifs is 7. The van der Waals surface area contributed by atoms with Crippen molar-refractivity contribution in [1.29, 1.82) is 0 Å². The van der Waals surface area contributed by atoms with Crippen molar-refractivity contribution in [2.24, 2.45) is 56.7 Å². The van der Waals surface area contributed by atoms with Gasteiger partial charge in [0.05, 0.1) is 0 Å². The Hall–Kier alpha value is -0.630. The second-order valence-corrected chi connectivity index (χ2v) is 14.4. The first-order chi connectivity index (χ1) is 14.9. The number of aliphatic hydroxyl groups is 1. The Kier molecular flexibility index (Phi) is 5.03. The molecule has 32 heavy (non-hydrogen) atoms. The van der Waals surface area contributed by atoms with E-state index < -0.39 is 0 Å². The fraction of sp³-hybridized carbons (Fsp3) is 0.900. The van der Waals surface area contributed by atoms with Crippen LogP contribution in [0.3, 0.4) is 0 Å². The lowest BCUT2D eigenvalue weighted by atomic mass is 9.34. The van der Waals surface area contributed by atoms with E-state index in [2.05, 4.69) is 54.5 Å². The molecule has 1 N–H and O–H groups in total. The van der Waals surface area contributed by atoms with E-state index in [9.17, 15) is 9.90 Å². The van der Waals surface area contributed by atoms with Crippen LogP contribution >= 0.6 is 0 Å². The van der Waals surface area contributed by atoms with Gasteiger partial charge in [0.2, 0.25) is 0 Å². The standard InChI is InChI=1S/C30H48O2/c1-19-8-16-30(18-31)17-11-23-28(6)13-9-21-26(3,4)24(32)12-15-27(21,5)22(28)10-14-29(23,7)25(30)20(19)2/h11,19-22,25,31H,8-10,12-18H2,1-7H3/t19-,20+,21?,22?,25?,27+,28-,29-,30-/m1/s1. The quantitative estimate of drug-likeness (QED) is 0.438. The number of aliphatic hydroxyl groups excluding tert-OH is 1. The highest BCUT2D eigenvalue weighted by molar-refractivity contribution is 5.85. The first-order valence-electron chi connectivity index (χ1n) is 13.7. The minimum atomic E-state index is -0.171. The zero-order valence-electron chi connectivity index (χ0n) is 21.9. The molecule has 0 radical (unpaired) electrons. The highest BCUT2D eigenvalue weighted by Crippen LogP contribution is 2.74. The Labute approximate surface area is 197 Å². The van der Waals surface area contributed by atoms with Crippen molar-refractivity contribution in [3.05, 3.63) is 11.6 Å². The largest absolute Gasteiger partial charge is 0.396 e. The molecule has 4 saturated carbocycles.